The second-order valence-corrected chi connectivity index (χ2v) is 5.67. The van der Waals surface area contributed by atoms with Gasteiger partial charge in [0.05, 0.1) is 12.1 Å². The molecule has 2 N–H and O–H groups in total. The number of nitrogens with two attached hydrogens (primary N) is 1. The monoisotopic (exact) mass is 290 g/mol. The van der Waals surface area contributed by atoms with Gasteiger partial charge >= 0.3 is 0 Å². The summed E-state index contributed by atoms with van der Waals surface area (Å²) in [5.41, 5.74) is 6.04. The average Bonchev–Trinajstić information content (AvgIpc) is 2.74. The lowest BCUT2D eigenvalue weighted by molar-refractivity contribution is 0.476. The number of anilines is 1. The molecule has 0 aromatic carbocycles. The number of hydrogen-bond donors (Lipinski definition) is 1. The van der Waals surface area contributed by atoms with Gasteiger partial charge in [-0.15, -0.1) is 0 Å². The van der Waals surface area contributed by atoms with Crippen LogP contribution in [0, 0.1) is 22.7 Å². The first-order valence-electron chi connectivity index (χ1n) is 5.49. The quantitative estimate of drug-likeness (QED) is 0.786. The minimum atomic E-state index is -4.08. The Hall–Kier alpha value is -2.62. The topological polar surface area (TPSA) is 128 Å². The number of aromatic nitrogens is 2. The van der Waals surface area contributed by atoms with E-state index in [1.807, 2.05) is 0 Å². The van der Waals surface area contributed by atoms with Crippen LogP contribution in [0.25, 0.3) is 5.65 Å². The Bertz CT molecular complexity index is 811. The van der Waals surface area contributed by atoms with Crippen LogP contribution in [0.5, 0.6) is 0 Å². The Kier molecular flexibility index (Phi) is 3.57. The van der Waals surface area contributed by atoms with Crippen LogP contribution in [0.4, 0.5) is 5.82 Å². The molecule has 0 bridgehead atoms. The lowest BCUT2D eigenvalue weighted by Crippen LogP contribution is -2.33. The predicted molar refractivity (Wildman–Crippen MR) is 69.6 cm³/mol. The molecule has 8 nitrogen and oxygen atoms in total. The molecule has 0 unspecified atom stereocenters. The fourth-order valence-electron chi connectivity index (χ4n) is 1.75. The summed E-state index contributed by atoms with van der Waals surface area (Å²) in [6, 6.07) is 8.36. The lowest BCUT2D eigenvalue weighted by atomic mass is 10.5. The van der Waals surface area contributed by atoms with Crippen LogP contribution >= 0.6 is 0 Å². The van der Waals surface area contributed by atoms with Crippen molar-refractivity contribution in [3.63, 3.8) is 0 Å². The van der Waals surface area contributed by atoms with E-state index in [4.69, 9.17) is 16.3 Å². The molecule has 0 amide bonds. The van der Waals surface area contributed by atoms with Gasteiger partial charge < -0.3 is 5.73 Å². The lowest BCUT2D eigenvalue weighted by Gasteiger charge is -2.15. The molecule has 20 heavy (non-hydrogen) atoms. The van der Waals surface area contributed by atoms with E-state index in [2.05, 4.69) is 4.98 Å². The van der Waals surface area contributed by atoms with Gasteiger partial charge in [-0.1, -0.05) is 6.07 Å². The minimum Gasteiger partial charge on any atom is -0.381 e. The number of nitriles is 2. The van der Waals surface area contributed by atoms with Crippen molar-refractivity contribution in [2.75, 3.05) is 18.8 Å². The van der Waals surface area contributed by atoms with Gasteiger partial charge in [0.25, 0.3) is 10.0 Å². The van der Waals surface area contributed by atoms with Gasteiger partial charge in [0, 0.05) is 6.20 Å². The molecule has 0 saturated carbocycles. The Labute approximate surface area is 115 Å². The van der Waals surface area contributed by atoms with E-state index >= 15 is 0 Å². The molecule has 9 heteroatoms. The van der Waals surface area contributed by atoms with Gasteiger partial charge in [0.1, 0.15) is 18.7 Å². The van der Waals surface area contributed by atoms with Crippen LogP contribution in [0.3, 0.4) is 0 Å². The second-order valence-electron chi connectivity index (χ2n) is 3.82. The summed E-state index contributed by atoms with van der Waals surface area (Å²) in [5, 5.41) is 17.1. The molecule has 0 radical (unpaired) electrons. The fraction of sp³-hybridized carbons (Fsp3) is 0.182. The standard InChI is InChI=1S/C11H10N6O2S/c12-4-7-16(8-5-13)20(18,19)11-10(14)15-9-3-1-2-6-17(9)11/h1-3,6H,7-8,14H2. The largest absolute Gasteiger partial charge is 0.381 e. The summed E-state index contributed by atoms with van der Waals surface area (Å²) in [7, 11) is -4.08. The number of sulfonamides is 1. The van der Waals surface area contributed by atoms with Gasteiger partial charge in [0.2, 0.25) is 0 Å². The van der Waals surface area contributed by atoms with E-state index in [0.29, 0.717) is 5.65 Å². The Balaban J connectivity index is 2.66. The fourth-order valence-corrected chi connectivity index (χ4v) is 3.17. The molecular formula is C11H10N6O2S. The molecule has 0 spiro atoms. The van der Waals surface area contributed by atoms with Crippen LogP contribution < -0.4 is 5.73 Å². The molecular weight excluding hydrogens is 280 g/mol. The Morgan fingerprint density at radius 1 is 1.30 bits per heavy atom. The maximum Gasteiger partial charge on any atom is 0.264 e. The molecule has 2 heterocycles. The zero-order valence-corrected chi connectivity index (χ0v) is 11.1. The summed E-state index contributed by atoms with van der Waals surface area (Å²) in [5.74, 6) is -0.169. The summed E-state index contributed by atoms with van der Waals surface area (Å²) in [6.07, 6.45) is 1.50. The summed E-state index contributed by atoms with van der Waals surface area (Å²) < 4.78 is 27.0. The zero-order valence-electron chi connectivity index (χ0n) is 10.3. The van der Waals surface area contributed by atoms with Gasteiger partial charge in [-0.2, -0.15) is 14.8 Å². The first-order valence-corrected chi connectivity index (χ1v) is 6.93. The van der Waals surface area contributed by atoms with Crippen LogP contribution in [0.1, 0.15) is 0 Å². The highest BCUT2D eigenvalue weighted by Crippen LogP contribution is 2.23. The summed E-state index contributed by atoms with van der Waals surface area (Å²) in [4.78, 5) is 3.95. The number of fused-ring (bicyclic) bond motifs is 1. The number of rotatable bonds is 4. The molecule has 0 atom stereocenters. The van der Waals surface area contributed by atoms with E-state index in [0.717, 1.165) is 4.31 Å². The van der Waals surface area contributed by atoms with Gasteiger partial charge in [-0.05, 0) is 12.1 Å². The maximum atomic E-state index is 12.5. The summed E-state index contributed by atoms with van der Waals surface area (Å²) >= 11 is 0. The number of pyridine rings is 1. The average molecular weight is 290 g/mol. The first kappa shape index (κ1) is 13.8. The smallest absolute Gasteiger partial charge is 0.264 e. The van der Waals surface area contributed by atoms with Crippen molar-refractivity contribution < 1.29 is 8.42 Å². The molecule has 2 aromatic rings. The van der Waals surface area contributed by atoms with Crippen LogP contribution in [0.15, 0.2) is 29.4 Å². The maximum absolute atomic E-state index is 12.5. The molecule has 0 fully saturated rings. The number of nitrogens with zero attached hydrogens (tertiary/aromatic N) is 5. The molecule has 2 aromatic heterocycles. The van der Waals surface area contributed by atoms with Crippen molar-refractivity contribution in [2.45, 2.75) is 5.03 Å². The van der Waals surface area contributed by atoms with Crippen LogP contribution in [-0.4, -0.2) is 35.2 Å². The molecule has 0 saturated heterocycles. The van der Waals surface area contributed by atoms with Crippen molar-refractivity contribution in [1.82, 2.24) is 13.7 Å². The Morgan fingerprint density at radius 3 is 2.55 bits per heavy atom. The van der Waals surface area contributed by atoms with E-state index < -0.39 is 23.1 Å². The number of imidazole rings is 1. The molecule has 0 aliphatic carbocycles. The molecule has 0 aliphatic rings. The van der Waals surface area contributed by atoms with Crippen LogP contribution in [-0.2, 0) is 10.0 Å². The SMILES string of the molecule is N#CCN(CC#N)S(=O)(=O)c1c(N)nc2ccccn12. The minimum absolute atomic E-state index is 0.169. The first-order chi connectivity index (χ1) is 9.52. The van der Waals surface area contributed by atoms with Crippen molar-refractivity contribution >= 4 is 21.5 Å². The third-order valence-corrected chi connectivity index (χ3v) is 4.42. The van der Waals surface area contributed by atoms with Gasteiger partial charge in [-0.25, -0.2) is 13.4 Å². The zero-order chi connectivity index (χ0) is 14.8. The van der Waals surface area contributed by atoms with Crippen molar-refractivity contribution in [2.24, 2.45) is 0 Å². The number of hydrogen-bond acceptors (Lipinski definition) is 6. The van der Waals surface area contributed by atoms with E-state index in [9.17, 15) is 8.42 Å². The normalized spacial score (nSPS) is 11.3. The summed E-state index contributed by atoms with van der Waals surface area (Å²) in [6.45, 7) is -0.870. The Morgan fingerprint density at radius 2 is 1.95 bits per heavy atom. The highest BCUT2D eigenvalue weighted by atomic mass is 32.2. The van der Waals surface area contributed by atoms with Crippen LogP contribution in [0.2, 0.25) is 0 Å². The van der Waals surface area contributed by atoms with Gasteiger partial charge in [-0.3, -0.25) is 4.40 Å². The third-order valence-electron chi connectivity index (χ3n) is 2.59. The molecule has 2 rings (SSSR count). The highest BCUT2D eigenvalue weighted by Gasteiger charge is 2.30. The molecule has 102 valence electrons. The molecule has 0 aliphatic heterocycles. The third kappa shape index (κ3) is 2.16. The van der Waals surface area contributed by atoms with E-state index in [1.165, 1.54) is 10.6 Å². The second kappa shape index (κ2) is 5.17. The van der Waals surface area contributed by atoms with E-state index in [1.54, 1.807) is 30.3 Å². The van der Waals surface area contributed by atoms with Gasteiger partial charge in [0.15, 0.2) is 10.8 Å². The van der Waals surface area contributed by atoms with E-state index in [-0.39, 0.29) is 10.8 Å². The predicted octanol–water partition coefficient (Wildman–Crippen LogP) is -0.0456. The highest BCUT2D eigenvalue weighted by molar-refractivity contribution is 7.89. The van der Waals surface area contributed by atoms with Crippen molar-refractivity contribution in [3.8, 4) is 12.1 Å². The number of nitrogen functional groups attached to an aromatic ring is 1. The van der Waals surface area contributed by atoms with Crippen molar-refractivity contribution in [3.05, 3.63) is 24.4 Å². The van der Waals surface area contributed by atoms with Crippen molar-refractivity contribution in [1.29, 1.82) is 10.5 Å².